The topological polar surface area (TPSA) is 35.2 Å². The van der Waals surface area contributed by atoms with Gasteiger partial charge in [0, 0.05) is 0 Å². The molecule has 2 N–H and O–H groups in total. The molecule has 0 spiro atoms. The largest absolute Gasteiger partial charge is 0.374 e. The summed E-state index contributed by atoms with van der Waals surface area (Å²) in [4.78, 5) is 0. The predicted molar refractivity (Wildman–Crippen MR) is 62.3 cm³/mol. The van der Waals surface area contributed by atoms with E-state index in [9.17, 15) is 4.39 Å². The minimum atomic E-state index is -0.325. The monoisotopic (exact) mass is 221 g/mol. The minimum Gasteiger partial charge on any atom is -0.374 e. The highest BCUT2D eigenvalue weighted by Crippen LogP contribution is 2.11. The molecular weight excluding hydrogens is 205 g/mol. The van der Waals surface area contributed by atoms with Crippen molar-refractivity contribution in [1.82, 2.24) is 0 Å². The number of hydrogen-bond donors (Lipinski definition) is 1. The second-order valence-corrected chi connectivity index (χ2v) is 3.68. The van der Waals surface area contributed by atoms with E-state index in [4.69, 9.17) is 10.5 Å². The molecule has 0 aromatic heterocycles. The van der Waals surface area contributed by atoms with Gasteiger partial charge in [-0.1, -0.05) is 17.9 Å². The molecule has 0 bridgehead atoms. The molecule has 0 saturated heterocycles. The van der Waals surface area contributed by atoms with E-state index in [0.717, 1.165) is 5.56 Å². The van der Waals surface area contributed by atoms with E-state index in [2.05, 4.69) is 11.8 Å². The van der Waals surface area contributed by atoms with E-state index in [1.807, 2.05) is 13.8 Å². The molecule has 0 aliphatic rings. The van der Waals surface area contributed by atoms with Gasteiger partial charge in [0.2, 0.25) is 0 Å². The first-order chi connectivity index (χ1) is 7.63. The third-order valence-corrected chi connectivity index (χ3v) is 1.94. The first-order valence-corrected chi connectivity index (χ1v) is 5.22. The van der Waals surface area contributed by atoms with Crippen molar-refractivity contribution in [1.29, 1.82) is 0 Å². The number of benzene rings is 1. The van der Waals surface area contributed by atoms with E-state index in [-0.39, 0.29) is 18.5 Å². The molecule has 3 heteroatoms. The molecule has 1 aromatic rings. The Balaban J connectivity index is 2.81. The van der Waals surface area contributed by atoms with Crippen LogP contribution in [0.4, 0.5) is 4.39 Å². The Hall–Kier alpha value is -1.37. The summed E-state index contributed by atoms with van der Waals surface area (Å²) in [7, 11) is 0. The lowest BCUT2D eigenvalue weighted by molar-refractivity contribution is 0.0656. The van der Waals surface area contributed by atoms with Crippen LogP contribution in [0.5, 0.6) is 0 Å². The Morgan fingerprint density at radius 1 is 1.44 bits per heavy atom. The lowest BCUT2D eigenvalue weighted by Gasteiger charge is -2.07. The van der Waals surface area contributed by atoms with E-state index >= 15 is 0 Å². The molecule has 0 amide bonds. The Morgan fingerprint density at radius 2 is 2.19 bits per heavy atom. The normalized spacial score (nSPS) is 10.1. The summed E-state index contributed by atoms with van der Waals surface area (Å²) < 4.78 is 18.7. The zero-order valence-corrected chi connectivity index (χ0v) is 9.59. The third kappa shape index (κ3) is 4.01. The standard InChI is InChI=1S/C13H16FNO/c1-10(2)16-9-11-5-6-13(14)12(8-11)4-3-7-15/h5-6,8,10H,7,9,15H2,1-2H3. The maximum Gasteiger partial charge on any atom is 0.138 e. The second-order valence-electron chi connectivity index (χ2n) is 3.68. The molecule has 0 fully saturated rings. The van der Waals surface area contributed by atoms with Gasteiger partial charge in [0.15, 0.2) is 0 Å². The first-order valence-electron chi connectivity index (χ1n) is 5.22. The lowest BCUT2D eigenvalue weighted by Crippen LogP contribution is -2.02. The van der Waals surface area contributed by atoms with Crippen LogP contribution in [0, 0.1) is 17.7 Å². The average molecular weight is 221 g/mol. The number of nitrogens with two attached hydrogens (primary N) is 1. The number of hydrogen-bond acceptors (Lipinski definition) is 2. The third-order valence-electron chi connectivity index (χ3n) is 1.94. The number of ether oxygens (including phenoxy) is 1. The summed E-state index contributed by atoms with van der Waals surface area (Å²) in [5, 5.41) is 0. The van der Waals surface area contributed by atoms with Crippen molar-refractivity contribution in [3.05, 3.63) is 35.1 Å². The van der Waals surface area contributed by atoms with Crippen LogP contribution in [0.2, 0.25) is 0 Å². The van der Waals surface area contributed by atoms with Crippen LogP contribution in [0.3, 0.4) is 0 Å². The van der Waals surface area contributed by atoms with E-state index in [1.165, 1.54) is 6.07 Å². The van der Waals surface area contributed by atoms with Crippen LogP contribution >= 0.6 is 0 Å². The molecule has 1 aromatic carbocycles. The summed E-state index contributed by atoms with van der Waals surface area (Å²) in [6, 6.07) is 4.80. The molecule has 0 aliphatic carbocycles. The first kappa shape index (κ1) is 12.7. The molecule has 0 saturated carbocycles. The van der Waals surface area contributed by atoms with Crippen LogP contribution in [-0.2, 0) is 11.3 Å². The van der Waals surface area contributed by atoms with Gasteiger partial charge in [-0.25, -0.2) is 4.39 Å². The quantitative estimate of drug-likeness (QED) is 0.793. The SMILES string of the molecule is CC(C)OCc1ccc(F)c(C#CCN)c1. The van der Waals surface area contributed by atoms with Crippen molar-refractivity contribution in [3.8, 4) is 11.8 Å². The fourth-order valence-corrected chi connectivity index (χ4v) is 1.17. The van der Waals surface area contributed by atoms with Gasteiger partial charge in [0.05, 0.1) is 24.8 Å². The summed E-state index contributed by atoms with van der Waals surface area (Å²) in [5.41, 5.74) is 6.53. The molecule has 1 rings (SSSR count). The maximum atomic E-state index is 13.3. The van der Waals surface area contributed by atoms with Crippen molar-refractivity contribution >= 4 is 0 Å². The Morgan fingerprint density at radius 3 is 2.81 bits per heavy atom. The van der Waals surface area contributed by atoms with Crippen molar-refractivity contribution < 1.29 is 9.13 Å². The van der Waals surface area contributed by atoms with Crippen molar-refractivity contribution in [2.45, 2.75) is 26.6 Å². The molecular formula is C13H16FNO. The van der Waals surface area contributed by atoms with Crippen molar-refractivity contribution in [2.24, 2.45) is 5.73 Å². The zero-order valence-electron chi connectivity index (χ0n) is 9.59. The number of rotatable bonds is 3. The molecule has 16 heavy (non-hydrogen) atoms. The van der Waals surface area contributed by atoms with Gasteiger partial charge in [-0.3, -0.25) is 0 Å². The summed E-state index contributed by atoms with van der Waals surface area (Å²) in [5.74, 6) is 5.00. The summed E-state index contributed by atoms with van der Waals surface area (Å²) in [6.45, 7) is 4.61. The van der Waals surface area contributed by atoms with Crippen molar-refractivity contribution in [2.75, 3.05) is 6.54 Å². The fourth-order valence-electron chi connectivity index (χ4n) is 1.17. The van der Waals surface area contributed by atoms with Crippen LogP contribution in [-0.4, -0.2) is 12.6 Å². The van der Waals surface area contributed by atoms with Gasteiger partial charge in [0.1, 0.15) is 5.82 Å². The average Bonchev–Trinajstić information content (AvgIpc) is 2.26. The maximum absolute atomic E-state index is 13.3. The number of halogens is 1. The van der Waals surface area contributed by atoms with Crippen molar-refractivity contribution in [3.63, 3.8) is 0 Å². The summed E-state index contributed by atoms with van der Waals surface area (Å²) in [6.07, 6.45) is 0.156. The van der Waals surface area contributed by atoms with Crippen LogP contribution in [0.15, 0.2) is 18.2 Å². The fraction of sp³-hybridized carbons (Fsp3) is 0.385. The Kier molecular flexibility index (Phi) is 4.97. The highest BCUT2D eigenvalue weighted by molar-refractivity contribution is 5.38. The predicted octanol–water partition coefficient (Wildman–Crippen LogP) is 2.06. The smallest absolute Gasteiger partial charge is 0.138 e. The molecule has 0 radical (unpaired) electrons. The minimum absolute atomic E-state index is 0.156. The second kappa shape index (κ2) is 6.26. The van der Waals surface area contributed by atoms with E-state index in [0.29, 0.717) is 12.2 Å². The highest BCUT2D eigenvalue weighted by Gasteiger charge is 2.02. The molecule has 0 heterocycles. The Labute approximate surface area is 95.6 Å². The summed E-state index contributed by atoms with van der Waals surface area (Å²) >= 11 is 0. The van der Waals surface area contributed by atoms with Crippen LogP contribution < -0.4 is 5.73 Å². The van der Waals surface area contributed by atoms with Gasteiger partial charge in [-0.05, 0) is 31.5 Å². The van der Waals surface area contributed by atoms with E-state index in [1.54, 1.807) is 12.1 Å². The van der Waals surface area contributed by atoms with Gasteiger partial charge in [-0.2, -0.15) is 0 Å². The van der Waals surface area contributed by atoms with Gasteiger partial charge in [-0.15, -0.1) is 0 Å². The zero-order chi connectivity index (χ0) is 12.0. The van der Waals surface area contributed by atoms with Crippen LogP contribution in [0.1, 0.15) is 25.0 Å². The molecule has 0 aliphatic heterocycles. The molecule has 0 unspecified atom stereocenters. The lowest BCUT2D eigenvalue weighted by atomic mass is 10.1. The molecule has 86 valence electrons. The highest BCUT2D eigenvalue weighted by atomic mass is 19.1. The van der Waals surface area contributed by atoms with Gasteiger partial charge >= 0.3 is 0 Å². The van der Waals surface area contributed by atoms with E-state index < -0.39 is 0 Å². The van der Waals surface area contributed by atoms with Crippen LogP contribution in [0.25, 0.3) is 0 Å². The molecule has 2 nitrogen and oxygen atoms in total. The Bertz CT molecular complexity index is 404. The van der Waals surface area contributed by atoms with Gasteiger partial charge < -0.3 is 10.5 Å². The van der Waals surface area contributed by atoms with Gasteiger partial charge in [0.25, 0.3) is 0 Å². The molecule has 0 atom stereocenters.